The van der Waals surface area contributed by atoms with E-state index in [2.05, 4.69) is 44.8 Å². The van der Waals surface area contributed by atoms with Crippen molar-refractivity contribution in [1.29, 1.82) is 0 Å². The number of nitrogens with one attached hydrogen (secondary N) is 2. The first kappa shape index (κ1) is 23.7. The van der Waals surface area contributed by atoms with Crippen molar-refractivity contribution in [3.05, 3.63) is 59.0 Å². The van der Waals surface area contributed by atoms with Gasteiger partial charge in [0.25, 0.3) is 0 Å². The summed E-state index contributed by atoms with van der Waals surface area (Å²) in [6, 6.07) is 12.5. The lowest BCUT2D eigenvalue weighted by Crippen LogP contribution is -2.41. The minimum atomic E-state index is -0.498. The van der Waals surface area contributed by atoms with Crippen LogP contribution in [0.3, 0.4) is 0 Å². The number of aliphatic hydroxyl groups is 1. The van der Waals surface area contributed by atoms with E-state index in [9.17, 15) is 5.11 Å². The molecule has 1 aliphatic rings. The molecule has 2 heterocycles. The van der Waals surface area contributed by atoms with Gasteiger partial charge in [0.15, 0.2) is 5.96 Å². The van der Waals surface area contributed by atoms with Gasteiger partial charge in [0.2, 0.25) is 0 Å². The molecular formula is C22H33IN4O2. The molecule has 2 atom stereocenters. The fourth-order valence-corrected chi connectivity index (χ4v) is 3.54. The first-order valence-corrected chi connectivity index (χ1v) is 10.1. The number of aryl methyl sites for hydroxylation is 1. The molecular weight excluding hydrogens is 479 g/mol. The monoisotopic (exact) mass is 512 g/mol. The van der Waals surface area contributed by atoms with E-state index in [4.69, 9.17) is 4.42 Å². The smallest absolute Gasteiger partial charge is 0.191 e. The molecule has 1 aromatic heterocycles. The molecule has 0 radical (unpaired) electrons. The van der Waals surface area contributed by atoms with Gasteiger partial charge >= 0.3 is 0 Å². The van der Waals surface area contributed by atoms with Crippen LogP contribution in [0.25, 0.3) is 0 Å². The van der Waals surface area contributed by atoms with Crippen molar-refractivity contribution in [1.82, 2.24) is 15.5 Å². The van der Waals surface area contributed by atoms with E-state index < -0.39 is 6.10 Å². The van der Waals surface area contributed by atoms with Crippen LogP contribution < -0.4 is 10.6 Å². The summed E-state index contributed by atoms with van der Waals surface area (Å²) in [4.78, 5) is 6.87. The van der Waals surface area contributed by atoms with Crippen molar-refractivity contribution in [2.24, 2.45) is 4.99 Å². The van der Waals surface area contributed by atoms with E-state index in [1.807, 2.05) is 32.9 Å². The highest BCUT2D eigenvalue weighted by Crippen LogP contribution is 2.18. The molecule has 0 amide bonds. The quantitative estimate of drug-likeness (QED) is 0.302. The van der Waals surface area contributed by atoms with Crippen molar-refractivity contribution in [2.75, 3.05) is 26.2 Å². The molecule has 3 rings (SSSR count). The fourth-order valence-electron chi connectivity index (χ4n) is 3.54. The Hall–Kier alpha value is -1.58. The second-order valence-corrected chi connectivity index (χ2v) is 7.44. The van der Waals surface area contributed by atoms with E-state index in [0.717, 1.165) is 37.6 Å². The van der Waals surface area contributed by atoms with Crippen molar-refractivity contribution in [3.8, 4) is 0 Å². The number of halogens is 1. The molecule has 0 saturated heterocycles. The summed E-state index contributed by atoms with van der Waals surface area (Å²) in [6.07, 6.45) is 0.540. The second-order valence-electron chi connectivity index (χ2n) is 7.44. The predicted octanol–water partition coefficient (Wildman–Crippen LogP) is 3.24. The third-order valence-electron chi connectivity index (χ3n) is 5.02. The largest absolute Gasteiger partial charge is 0.464 e. The van der Waals surface area contributed by atoms with Gasteiger partial charge in [-0.2, -0.15) is 0 Å². The molecule has 0 fully saturated rings. The van der Waals surface area contributed by atoms with E-state index in [1.54, 1.807) is 0 Å². The summed E-state index contributed by atoms with van der Waals surface area (Å²) in [5, 5.41) is 17.1. The van der Waals surface area contributed by atoms with Crippen LogP contribution in [0.4, 0.5) is 0 Å². The standard InChI is InChI=1S/C22H32N4O2.HI/c1-4-23-22(25-17(3)21-10-9-16(2)28-21)24-13-20(27)15-26-12-11-18-7-5-6-8-19(18)14-26;/h5-10,17,20,27H,4,11-15H2,1-3H3,(H2,23,24,25);1H. The molecule has 3 N–H and O–H groups in total. The lowest BCUT2D eigenvalue weighted by molar-refractivity contribution is 0.111. The number of benzene rings is 1. The number of aliphatic imine (C=N–C) groups is 1. The van der Waals surface area contributed by atoms with Gasteiger partial charge in [-0.05, 0) is 50.5 Å². The van der Waals surface area contributed by atoms with E-state index in [1.165, 1.54) is 11.1 Å². The zero-order valence-corrected chi connectivity index (χ0v) is 19.8. The van der Waals surface area contributed by atoms with Crippen LogP contribution >= 0.6 is 24.0 Å². The SMILES string of the molecule is CCNC(=NCC(O)CN1CCc2ccccc2C1)NC(C)c1ccc(C)o1.I. The number of β-amino-alcohol motifs (C(OH)–C–C–N with tert-alkyl or cyclic N) is 1. The van der Waals surface area contributed by atoms with Crippen molar-refractivity contribution < 1.29 is 9.52 Å². The summed E-state index contributed by atoms with van der Waals surface area (Å²) in [6.45, 7) is 9.61. The number of furan rings is 1. The number of fused-ring (bicyclic) bond motifs is 1. The summed E-state index contributed by atoms with van der Waals surface area (Å²) in [5.41, 5.74) is 2.79. The molecule has 6 nitrogen and oxygen atoms in total. The maximum atomic E-state index is 10.5. The van der Waals surface area contributed by atoms with Crippen molar-refractivity contribution in [2.45, 2.75) is 45.9 Å². The van der Waals surface area contributed by atoms with Crippen LogP contribution in [0.5, 0.6) is 0 Å². The minimum Gasteiger partial charge on any atom is -0.464 e. The number of hydrogen-bond acceptors (Lipinski definition) is 4. The number of hydrogen-bond donors (Lipinski definition) is 3. The van der Waals surface area contributed by atoms with Crippen LogP contribution in [0.15, 0.2) is 45.8 Å². The molecule has 0 saturated carbocycles. The second kappa shape index (κ2) is 11.6. The Morgan fingerprint density at radius 2 is 2.00 bits per heavy atom. The van der Waals surface area contributed by atoms with Gasteiger partial charge in [-0.15, -0.1) is 24.0 Å². The van der Waals surface area contributed by atoms with Gasteiger partial charge < -0.3 is 20.2 Å². The Labute approximate surface area is 190 Å². The molecule has 1 aromatic carbocycles. The molecule has 0 bridgehead atoms. The topological polar surface area (TPSA) is 73.0 Å². The first-order chi connectivity index (χ1) is 13.5. The molecule has 0 aliphatic carbocycles. The molecule has 29 heavy (non-hydrogen) atoms. The summed E-state index contributed by atoms with van der Waals surface area (Å²) in [7, 11) is 0. The molecule has 0 spiro atoms. The highest BCUT2D eigenvalue weighted by atomic mass is 127. The van der Waals surface area contributed by atoms with Crippen molar-refractivity contribution in [3.63, 3.8) is 0 Å². The normalized spacial score (nSPS) is 16.5. The Morgan fingerprint density at radius 3 is 2.69 bits per heavy atom. The Bertz CT molecular complexity index is 793. The lowest BCUT2D eigenvalue weighted by Gasteiger charge is -2.30. The predicted molar refractivity (Wildman–Crippen MR) is 128 cm³/mol. The van der Waals surface area contributed by atoms with Gasteiger partial charge in [-0.3, -0.25) is 9.89 Å². The van der Waals surface area contributed by atoms with E-state index >= 15 is 0 Å². The highest BCUT2D eigenvalue weighted by Gasteiger charge is 2.18. The summed E-state index contributed by atoms with van der Waals surface area (Å²) >= 11 is 0. The lowest BCUT2D eigenvalue weighted by atomic mass is 10.00. The van der Waals surface area contributed by atoms with Crippen molar-refractivity contribution >= 4 is 29.9 Å². The van der Waals surface area contributed by atoms with Gasteiger partial charge in [0.1, 0.15) is 11.5 Å². The highest BCUT2D eigenvalue weighted by molar-refractivity contribution is 14.0. The van der Waals surface area contributed by atoms with Crippen LogP contribution in [0, 0.1) is 6.92 Å². The maximum Gasteiger partial charge on any atom is 0.191 e. The molecule has 160 valence electrons. The summed E-state index contributed by atoms with van der Waals surface area (Å²) in [5.74, 6) is 2.45. The zero-order valence-electron chi connectivity index (χ0n) is 17.5. The maximum absolute atomic E-state index is 10.5. The van der Waals surface area contributed by atoms with Gasteiger partial charge in [-0.1, -0.05) is 24.3 Å². The van der Waals surface area contributed by atoms with Crippen LogP contribution in [-0.4, -0.2) is 48.2 Å². The third-order valence-corrected chi connectivity index (χ3v) is 5.02. The number of nitrogens with zero attached hydrogens (tertiary/aromatic N) is 2. The summed E-state index contributed by atoms with van der Waals surface area (Å²) < 4.78 is 5.68. The third kappa shape index (κ3) is 7.01. The number of guanidine groups is 1. The molecule has 2 unspecified atom stereocenters. The van der Waals surface area contributed by atoms with Crippen LogP contribution in [0.2, 0.25) is 0 Å². The van der Waals surface area contributed by atoms with Gasteiger partial charge in [-0.25, -0.2) is 0 Å². The Balaban J connectivity index is 0.00000300. The van der Waals surface area contributed by atoms with E-state index in [-0.39, 0.29) is 30.0 Å². The molecule has 2 aromatic rings. The average molecular weight is 512 g/mol. The van der Waals surface area contributed by atoms with Gasteiger partial charge in [0.05, 0.1) is 18.7 Å². The minimum absolute atomic E-state index is 0. The first-order valence-electron chi connectivity index (χ1n) is 10.1. The molecule has 7 heteroatoms. The average Bonchev–Trinajstić information content (AvgIpc) is 3.13. The molecule has 1 aliphatic heterocycles. The Morgan fingerprint density at radius 1 is 1.24 bits per heavy atom. The van der Waals surface area contributed by atoms with Gasteiger partial charge in [0, 0.05) is 26.2 Å². The Kier molecular flexibility index (Phi) is 9.45. The number of rotatable bonds is 7. The van der Waals surface area contributed by atoms with E-state index in [0.29, 0.717) is 19.0 Å². The van der Waals surface area contributed by atoms with Crippen LogP contribution in [-0.2, 0) is 13.0 Å². The fraction of sp³-hybridized carbons (Fsp3) is 0.500. The zero-order chi connectivity index (χ0) is 19.9. The number of aliphatic hydroxyl groups excluding tert-OH is 1. The van der Waals surface area contributed by atoms with Crippen LogP contribution in [0.1, 0.15) is 42.5 Å².